The molecule has 0 aliphatic carbocycles. The van der Waals surface area contributed by atoms with Crippen molar-refractivity contribution in [3.8, 4) is 0 Å². The minimum Gasteiger partial charge on any atom is -0.379 e. The van der Waals surface area contributed by atoms with Crippen molar-refractivity contribution >= 4 is 17.6 Å². The molecule has 1 aromatic rings. The number of rotatable bonds is 1. The maximum atomic E-state index is 11.9. The summed E-state index contributed by atoms with van der Waals surface area (Å²) in [6, 6.07) is 0. The average Bonchev–Trinajstić information content (AvgIpc) is 2.56. The summed E-state index contributed by atoms with van der Waals surface area (Å²) in [4.78, 5) is 24.5. The first kappa shape index (κ1) is 10.4. The summed E-state index contributed by atoms with van der Waals surface area (Å²) in [7, 11) is 0. The molecule has 0 radical (unpaired) electrons. The molecule has 1 aliphatic rings. The highest BCUT2D eigenvalue weighted by Gasteiger charge is 2.24. The first-order valence-corrected chi connectivity index (χ1v) is 4.82. The van der Waals surface area contributed by atoms with Crippen LogP contribution in [0.15, 0.2) is 4.63 Å². The topological polar surface area (TPSA) is 114 Å². The minimum atomic E-state index is -0.366. The van der Waals surface area contributed by atoms with Gasteiger partial charge >= 0.3 is 0 Å². The molecule has 8 nitrogen and oxygen atoms in total. The molecular weight excluding hydrogens is 214 g/mol. The Hall–Kier alpha value is -2.12. The van der Waals surface area contributed by atoms with Crippen LogP contribution in [0.3, 0.4) is 0 Å². The van der Waals surface area contributed by atoms with Gasteiger partial charge in [-0.1, -0.05) is 0 Å². The summed E-state index contributed by atoms with van der Waals surface area (Å²) >= 11 is 0. The third-order valence-electron chi connectivity index (χ3n) is 2.32. The predicted octanol–water partition coefficient (Wildman–Crippen LogP) is -1.39. The minimum absolute atomic E-state index is 0.00523. The van der Waals surface area contributed by atoms with E-state index in [1.165, 1.54) is 4.90 Å². The van der Waals surface area contributed by atoms with Crippen LogP contribution in [-0.2, 0) is 4.79 Å². The zero-order valence-corrected chi connectivity index (χ0v) is 8.47. The third kappa shape index (κ3) is 1.95. The lowest BCUT2D eigenvalue weighted by Crippen LogP contribution is -2.34. The van der Waals surface area contributed by atoms with Crippen LogP contribution in [-0.4, -0.2) is 46.7 Å². The zero-order valence-electron chi connectivity index (χ0n) is 8.47. The van der Waals surface area contributed by atoms with E-state index in [-0.39, 0.29) is 29.7 Å². The molecule has 0 unspecified atom stereocenters. The molecule has 0 aromatic carbocycles. The van der Waals surface area contributed by atoms with Crippen LogP contribution in [0.25, 0.3) is 0 Å². The van der Waals surface area contributed by atoms with Gasteiger partial charge in [0, 0.05) is 26.1 Å². The largest absolute Gasteiger partial charge is 0.379 e. The van der Waals surface area contributed by atoms with Gasteiger partial charge in [-0.15, -0.1) is 0 Å². The first-order chi connectivity index (χ1) is 7.68. The second-order valence-electron chi connectivity index (χ2n) is 3.39. The number of nitrogens with two attached hydrogens (primary N) is 1. The van der Waals surface area contributed by atoms with Gasteiger partial charge in [-0.3, -0.25) is 9.59 Å². The molecule has 1 fully saturated rings. The summed E-state index contributed by atoms with van der Waals surface area (Å²) in [6.07, 6.45) is 0.275. The Labute approximate surface area is 90.7 Å². The number of aromatic nitrogens is 2. The van der Waals surface area contributed by atoms with Gasteiger partial charge in [0.15, 0.2) is 0 Å². The average molecular weight is 225 g/mol. The number of nitrogen functional groups attached to an aromatic ring is 1. The molecule has 0 saturated carbocycles. The number of carbonyl (C=O) groups excluding carboxylic acids is 2. The van der Waals surface area contributed by atoms with E-state index in [9.17, 15) is 9.59 Å². The standard InChI is InChI=1S/C8H11N5O3/c9-7-6(11-16-12-7)8(15)13-3-1-5(14)10-2-4-13/h1-4H2,(H2,9,12)(H,10,14). The quantitative estimate of drug-likeness (QED) is 0.608. The molecular formula is C8H11N5O3. The van der Waals surface area contributed by atoms with Crippen LogP contribution in [0.1, 0.15) is 16.9 Å². The maximum absolute atomic E-state index is 11.9. The Balaban J connectivity index is 2.10. The Morgan fingerprint density at radius 3 is 2.94 bits per heavy atom. The molecule has 0 spiro atoms. The molecule has 2 rings (SSSR count). The van der Waals surface area contributed by atoms with Crippen molar-refractivity contribution in [1.29, 1.82) is 0 Å². The lowest BCUT2D eigenvalue weighted by atomic mass is 10.3. The number of amides is 2. The van der Waals surface area contributed by atoms with Crippen molar-refractivity contribution in [3.05, 3.63) is 5.69 Å². The van der Waals surface area contributed by atoms with Crippen molar-refractivity contribution < 1.29 is 14.2 Å². The van der Waals surface area contributed by atoms with E-state index < -0.39 is 0 Å². The maximum Gasteiger partial charge on any atom is 0.280 e. The van der Waals surface area contributed by atoms with Gasteiger partial charge in [-0.2, -0.15) is 0 Å². The number of hydrogen-bond donors (Lipinski definition) is 2. The van der Waals surface area contributed by atoms with Gasteiger partial charge in [-0.25, -0.2) is 4.63 Å². The van der Waals surface area contributed by atoms with Gasteiger partial charge < -0.3 is 16.0 Å². The van der Waals surface area contributed by atoms with Crippen LogP contribution >= 0.6 is 0 Å². The highest BCUT2D eigenvalue weighted by molar-refractivity contribution is 5.96. The summed E-state index contributed by atoms with van der Waals surface area (Å²) in [5.41, 5.74) is 5.41. The van der Waals surface area contributed by atoms with Gasteiger partial charge in [0.2, 0.25) is 17.4 Å². The fourth-order valence-corrected chi connectivity index (χ4v) is 1.46. The molecule has 0 atom stereocenters. The van der Waals surface area contributed by atoms with Crippen molar-refractivity contribution in [2.24, 2.45) is 0 Å². The molecule has 2 heterocycles. The number of hydrogen-bond acceptors (Lipinski definition) is 6. The monoisotopic (exact) mass is 225 g/mol. The van der Waals surface area contributed by atoms with Crippen molar-refractivity contribution in [2.75, 3.05) is 25.4 Å². The van der Waals surface area contributed by atoms with Crippen LogP contribution < -0.4 is 11.1 Å². The van der Waals surface area contributed by atoms with Gasteiger partial charge in [0.05, 0.1) is 0 Å². The van der Waals surface area contributed by atoms with E-state index in [0.717, 1.165) is 0 Å². The Bertz CT molecular complexity index is 416. The van der Waals surface area contributed by atoms with E-state index >= 15 is 0 Å². The second kappa shape index (κ2) is 4.17. The summed E-state index contributed by atoms with van der Waals surface area (Å²) < 4.78 is 4.35. The molecule has 8 heteroatoms. The third-order valence-corrected chi connectivity index (χ3v) is 2.32. The predicted molar refractivity (Wildman–Crippen MR) is 52.2 cm³/mol. The number of anilines is 1. The van der Waals surface area contributed by atoms with Crippen molar-refractivity contribution in [1.82, 2.24) is 20.5 Å². The van der Waals surface area contributed by atoms with Crippen LogP contribution in [0.5, 0.6) is 0 Å². The van der Waals surface area contributed by atoms with Crippen LogP contribution in [0.4, 0.5) is 5.82 Å². The van der Waals surface area contributed by atoms with Crippen LogP contribution in [0.2, 0.25) is 0 Å². The molecule has 0 bridgehead atoms. The summed E-state index contributed by atoms with van der Waals surface area (Å²) in [5.74, 6) is -0.467. The van der Waals surface area contributed by atoms with E-state index in [2.05, 4.69) is 20.3 Å². The molecule has 16 heavy (non-hydrogen) atoms. The number of nitrogens with one attached hydrogen (secondary N) is 1. The van der Waals surface area contributed by atoms with Gasteiger partial charge in [-0.05, 0) is 10.3 Å². The second-order valence-corrected chi connectivity index (χ2v) is 3.39. The molecule has 86 valence electrons. The molecule has 2 amide bonds. The van der Waals surface area contributed by atoms with E-state index in [1.54, 1.807) is 0 Å². The first-order valence-electron chi connectivity index (χ1n) is 4.82. The number of carbonyl (C=O) groups is 2. The Morgan fingerprint density at radius 2 is 2.25 bits per heavy atom. The van der Waals surface area contributed by atoms with Crippen molar-refractivity contribution in [3.63, 3.8) is 0 Å². The Kier molecular flexibility index (Phi) is 2.71. The van der Waals surface area contributed by atoms with Gasteiger partial charge in [0.25, 0.3) is 5.91 Å². The molecule has 3 N–H and O–H groups in total. The van der Waals surface area contributed by atoms with Crippen LogP contribution in [0, 0.1) is 0 Å². The molecule has 1 aromatic heterocycles. The van der Waals surface area contributed by atoms with E-state index in [1.807, 2.05) is 0 Å². The Morgan fingerprint density at radius 1 is 1.44 bits per heavy atom. The lowest BCUT2D eigenvalue weighted by Gasteiger charge is -2.17. The molecule has 1 saturated heterocycles. The lowest BCUT2D eigenvalue weighted by molar-refractivity contribution is -0.120. The number of nitrogens with zero attached hydrogens (tertiary/aromatic N) is 3. The normalized spacial score (nSPS) is 16.8. The summed E-state index contributed by atoms with van der Waals surface area (Å²) in [6.45, 7) is 1.20. The zero-order chi connectivity index (χ0) is 11.5. The van der Waals surface area contributed by atoms with Gasteiger partial charge in [0.1, 0.15) is 0 Å². The highest BCUT2D eigenvalue weighted by Crippen LogP contribution is 2.09. The van der Waals surface area contributed by atoms with E-state index in [4.69, 9.17) is 5.73 Å². The van der Waals surface area contributed by atoms with E-state index in [0.29, 0.717) is 19.6 Å². The van der Waals surface area contributed by atoms with Crippen molar-refractivity contribution in [2.45, 2.75) is 6.42 Å². The fourth-order valence-electron chi connectivity index (χ4n) is 1.46. The summed E-state index contributed by atoms with van der Waals surface area (Å²) in [5, 5.41) is 9.43. The highest BCUT2D eigenvalue weighted by atomic mass is 16.6. The SMILES string of the molecule is Nc1nonc1C(=O)N1CCNC(=O)CC1. The smallest absolute Gasteiger partial charge is 0.280 e. The fraction of sp³-hybridized carbons (Fsp3) is 0.500. The molecule has 1 aliphatic heterocycles.